The van der Waals surface area contributed by atoms with Crippen LogP contribution in [0.5, 0.6) is 0 Å². The van der Waals surface area contributed by atoms with Gasteiger partial charge in [-0.25, -0.2) is 0 Å². The maximum absolute atomic E-state index is 2.39. The van der Waals surface area contributed by atoms with Gasteiger partial charge in [0.15, 0.2) is 0 Å². The molecule has 1 heteroatoms. The Hall–Kier alpha value is -6.18. The van der Waals surface area contributed by atoms with Crippen molar-refractivity contribution in [2.24, 2.45) is 0 Å². The molecule has 0 saturated heterocycles. The summed E-state index contributed by atoms with van der Waals surface area (Å²) in [7, 11) is 0. The third kappa shape index (κ3) is 5.72. The molecule has 47 heavy (non-hydrogen) atoms. The van der Waals surface area contributed by atoms with Gasteiger partial charge in [-0.15, -0.1) is 0 Å². The highest BCUT2D eigenvalue weighted by molar-refractivity contribution is 5.99. The van der Waals surface area contributed by atoms with Crippen LogP contribution in [0.1, 0.15) is 0 Å². The van der Waals surface area contributed by atoms with E-state index in [1.165, 1.54) is 55.3 Å². The zero-order chi connectivity index (χ0) is 31.4. The maximum atomic E-state index is 2.39. The van der Waals surface area contributed by atoms with Gasteiger partial charge in [-0.05, 0) is 86.3 Å². The molecule has 0 N–H and O–H groups in total. The molecule has 1 nitrogen and oxygen atoms in total. The molecule has 0 aliphatic rings. The van der Waals surface area contributed by atoms with Gasteiger partial charge in [-0.1, -0.05) is 164 Å². The van der Waals surface area contributed by atoms with Crippen LogP contribution in [0.25, 0.3) is 55.3 Å². The summed E-state index contributed by atoms with van der Waals surface area (Å²) in [5.41, 5.74) is 13.0. The Labute approximate surface area is 276 Å². The molecule has 0 unspecified atom stereocenters. The number of anilines is 3. The predicted octanol–water partition coefficient (Wildman–Crippen LogP) is 13.0. The van der Waals surface area contributed by atoms with Crippen LogP contribution >= 0.6 is 0 Å². The average Bonchev–Trinajstić information content (AvgIpc) is 3.16. The van der Waals surface area contributed by atoms with E-state index in [1.54, 1.807) is 0 Å². The summed E-state index contributed by atoms with van der Waals surface area (Å²) in [4.78, 5) is 2.39. The Morgan fingerprint density at radius 1 is 0.277 bits per heavy atom. The number of rotatable bonds is 7. The number of hydrogen-bond donors (Lipinski definition) is 0. The number of hydrogen-bond acceptors (Lipinski definition) is 1. The van der Waals surface area contributed by atoms with Crippen molar-refractivity contribution in [2.45, 2.75) is 0 Å². The molecule has 0 aliphatic carbocycles. The number of nitrogens with zero attached hydrogens (tertiary/aromatic N) is 1. The summed E-state index contributed by atoms with van der Waals surface area (Å²) < 4.78 is 0. The first-order chi connectivity index (χ1) is 23.3. The first-order valence-electron chi connectivity index (χ1n) is 16.1. The van der Waals surface area contributed by atoms with Crippen LogP contribution in [0.2, 0.25) is 0 Å². The molecule has 0 amide bonds. The fourth-order valence-corrected chi connectivity index (χ4v) is 6.54. The van der Waals surface area contributed by atoms with Crippen molar-refractivity contribution < 1.29 is 0 Å². The zero-order valence-corrected chi connectivity index (χ0v) is 26.0. The molecule has 0 aliphatic heterocycles. The highest BCUT2D eigenvalue weighted by Gasteiger charge is 2.17. The van der Waals surface area contributed by atoms with E-state index in [4.69, 9.17) is 0 Å². The minimum atomic E-state index is 1.11. The summed E-state index contributed by atoms with van der Waals surface area (Å²) >= 11 is 0. The van der Waals surface area contributed by atoms with Crippen molar-refractivity contribution in [1.29, 1.82) is 0 Å². The van der Waals surface area contributed by atoms with Crippen molar-refractivity contribution in [2.75, 3.05) is 4.90 Å². The van der Waals surface area contributed by atoms with Crippen molar-refractivity contribution in [3.05, 3.63) is 200 Å². The van der Waals surface area contributed by atoms with E-state index >= 15 is 0 Å². The van der Waals surface area contributed by atoms with Crippen molar-refractivity contribution in [3.8, 4) is 44.5 Å². The third-order valence-electron chi connectivity index (χ3n) is 8.87. The Balaban J connectivity index is 1.27. The van der Waals surface area contributed by atoms with Crippen LogP contribution in [0.15, 0.2) is 200 Å². The lowest BCUT2D eigenvalue weighted by Gasteiger charge is -2.27. The van der Waals surface area contributed by atoms with Gasteiger partial charge in [0.05, 0.1) is 5.69 Å². The largest absolute Gasteiger partial charge is 0.310 e. The van der Waals surface area contributed by atoms with Gasteiger partial charge in [-0.3, -0.25) is 0 Å². The van der Waals surface area contributed by atoms with E-state index in [0.717, 1.165) is 17.1 Å². The van der Waals surface area contributed by atoms with E-state index in [1.807, 2.05) is 0 Å². The quantitative estimate of drug-likeness (QED) is 0.176. The fourth-order valence-electron chi connectivity index (χ4n) is 6.54. The van der Waals surface area contributed by atoms with Crippen LogP contribution in [0.3, 0.4) is 0 Å². The topological polar surface area (TPSA) is 3.24 Å². The minimum Gasteiger partial charge on any atom is -0.310 e. The van der Waals surface area contributed by atoms with Gasteiger partial charge in [0.1, 0.15) is 0 Å². The highest BCUT2D eigenvalue weighted by Crippen LogP contribution is 2.42. The Morgan fingerprint density at radius 2 is 0.787 bits per heavy atom. The lowest BCUT2D eigenvalue weighted by Crippen LogP contribution is -2.10. The molecule has 0 heterocycles. The fraction of sp³-hybridized carbons (Fsp3) is 0. The SMILES string of the molecule is c1ccc(-c2ccc(N(c3cccc(-c4ccc(-c5ccccc5)c(-c5ccccc5)c4)c3)c3cccc4ccccc34)cc2)cc1. The molecule has 0 fully saturated rings. The van der Waals surface area contributed by atoms with E-state index in [9.17, 15) is 0 Å². The Morgan fingerprint density at radius 3 is 1.51 bits per heavy atom. The van der Waals surface area contributed by atoms with Gasteiger partial charge >= 0.3 is 0 Å². The standard InChI is InChI=1S/C46H33N/c1-4-14-34(15-5-1)35-26-29-41(30-27-35)47(46-25-13-21-37-20-10-11-24-44(37)46)42-23-12-22-39(32-42)40-28-31-43(36-16-6-2-7-17-36)45(33-40)38-18-8-3-9-19-38/h1-33H. The van der Waals surface area contributed by atoms with E-state index in [-0.39, 0.29) is 0 Å². The molecule has 0 aromatic heterocycles. The number of benzene rings is 8. The molecular formula is C46H33N. The molecular weight excluding hydrogens is 567 g/mol. The van der Waals surface area contributed by atoms with E-state index in [2.05, 4.69) is 205 Å². The monoisotopic (exact) mass is 599 g/mol. The molecule has 8 aromatic carbocycles. The first kappa shape index (κ1) is 28.3. The van der Waals surface area contributed by atoms with Gasteiger partial charge < -0.3 is 4.90 Å². The summed E-state index contributed by atoms with van der Waals surface area (Å²) in [5, 5.41) is 2.43. The van der Waals surface area contributed by atoms with Gasteiger partial charge in [0.2, 0.25) is 0 Å². The van der Waals surface area contributed by atoms with Gasteiger partial charge in [0, 0.05) is 16.8 Å². The lowest BCUT2D eigenvalue weighted by atomic mass is 9.91. The van der Waals surface area contributed by atoms with Crippen LogP contribution in [0.4, 0.5) is 17.1 Å². The summed E-state index contributed by atoms with van der Waals surface area (Å²) in [5.74, 6) is 0. The Bertz CT molecular complexity index is 2270. The van der Waals surface area contributed by atoms with Crippen LogP contribution in [0, 0.1) is 0 Å². The molecule has 0 bridgehead atoms. The molecule has 0 spiro atoms. The van der Waals surface area contributed by atoms with Crippen LogP contribution in [-0.2, 0) is 0 Å². The summed E-state index contributed by atoms with van der Waals surface area (Å²) in [6.07, 6.45) is 0. The van der Waals surface area contributed by atoms with Crippen LogP contribution in [-0.4, -0.2) is 0 Å². The normalized spacial score (nSPS) is 11.0. The predicted molar refractivity (Wildman–Crippen MR) is 200 cm³/mol. The molecule has 8 rings (SSSR count). The minimum absolute atomic E-state index is 1.11. The van der Waals surface area contributed by atoms with Crippen molar-refractivity contribution in [1.82, 2.24) is 0 Å². The van der Waals surface area contributed by atoms with Crippen LogP contribution < -0.4 is 4.90 Å². The van der Waals surface area contributed by atoms with Gasteiger partial charge in [0.25, 0.3) is 0 Å². The first-order valence-corrected chi connectivity index (χ1v) is 16.1. The van der Waals surface area contributed by atoms with Crippen molar-refractivity contribution in [3.63, 3.8) is 0 Å². The van der Waals surface area contributed by atoms with Gasteiger partial charge in [-0.2, -0.15) is 0 Å². The molecule has 8 aromatic rings. The highest BCUT2D eigenvalue weighted by atomic mass is 15.1. The zero-order valence-electron chi connectivity index (χ0n) is 26.0. The molecule has 0 radical (unpaired) electrons. The summed E-state index contributed by atoms with van der Waals surface area (Å²) in [6, 6.07) is 71.8. The van der Waals surface area contributed by atoms with Crippen molar-refractivity contribution >= 4 is 27.8 Å². The molecule has 0 atom stereocenters. The second kappa shape index (κ2) is 12.7. The second-order valence-corrected chi connectivity index (χ2v) is 11.8. The smallest absolute Gasteiger partial charge is 0.0540 e. The molecule has 222 valence electrons. The second-order valence-electron chi connectivity index (χ2n) is 11.8. The average molecular weight is 600 g/mol. The molecule has 0 saturated carbocycles. The lowest BCUT2D eigenvalue weighted by molar-refractivity contribution is 1.30. The van der Waals surface area contributed by atoms with E-state index in [0.29, 0.717) is 0 Å². The number of fused-ring (bicyclic) bond motifs is 1. The van der Waals surface area contributed by atoms with E-state index < -0.39 is 0 Å². The third-order valence-corrected chi connectivity index (χ3v) is 8.87. The maximum Gasteiger partial charge on any atom is 0.0540 e. The summed E-state index contributed by atoms with van der Waals surface area (Å²) in [6.45, 7) is 0. The Kier molecular flexibility index (Phi) is 7.63.